The summed E-state index contributed by atoms with van der Waals surface area (Å²) >= 11 is 0. The SMILES string of the molecule is Cc1cnc2c(c1)nc(C(C)(C)C)n2CCCN. The normalized spacial score (nSPS) is 12.3. The summed E-state index contributed by atoms with van der Waals surface area (Å²) in [5, 5.41) is 0. The van der Waals surface area contributed by atoms with Crippen molar-refractivity contribution < 1.29 is 0 Å². The van der Waals surface area contributed by atoms with E-state index in [1.54, 1.807) is 0 Å². The Balaban J connectivity index is 2.60. The summed E-state index contributed by atoms with van der Waals surface area (Å²) in [6, 6.07) is 2.09. The van der Waals surface area contributed by atoms with Gasteiger partial charge in [-0.2, -0.15) is 0 Å². The molecule has 2 heterocycles. The topological polar surface area (TPSA) is 56.7 Å². The number of hydrogen-bond donors (Lipinski definition) is 1. The lowest BCUT2D eigenvalue weighted by atomic mass is 9.95. The van der Waals surface area contributed by atoms with Crippen LogP contribution in [0.15, 0.2) is 12.3 Å². The molecule has 0 aromatic carbocycles. The van der Waals surface area contributed by atoms with Gasteiger partial charge in [0.2, 0.25) is 0 Å². The second kappa shape index (κ2) is 4.69. The maximum absolute atomic E-state index is 5.62. The predicted octanol–water partition coefficient (Wildman–Crippen LogP) is 2.39. The van der Waals surface area contributed by atoms with Gasteiger partial charge in [-0.1, -0.05) is 20.8 Å². The third-order valence-corrected chi connectivity index (χ3v) is 2.98. The van der Waals surface area contributed by atoms with Crippen LogP contribution in [0.3, 0.4) is 0 Å². The van der Waals surface area contributed by atoms with Crippen LogP contribution in [0.2, 0.25) is 0 Å². The zero-order valence-electron chi connectivity index (χ0n) is 11.7. The highest BCUT2D eigenvalue weighted by molar-refractivity contribution is 5.72. The summed E-state index contributed by atoms with van der Waals surface area (Å²) in [6.45, 7) is 10.2. The minimum atomic E-state index is 0.0171. The average Bonchev–Trinajstić information content (AvgIpc) is 2.63. The molecule has 0 aliphatic rings. The van der Waals surface area contributed by atoms with Gasteiger partial charge in [0.15, 0.2) is 5.65 Å². The Hall–Kier alpha value is -1.42. The summed E-state index contributed by atoms with van der Waals surface area (Å²) in [4.78, 5) is 9.28. The van der Waals surface area contributed by atoms with Gasteiger partial charge in [0.1, 0.15) is 11.3 Å². The summed E-state index contributed by atoms with van der Waals surface area (Å²) in [6.07, 6.45) is 2.85. The highest BCUT2D eigenvalue weighted by Crippen LogP contribution is 2.25. The molecule has 0 unspecified atom stereocenters. The fourth-order valence-electron chi connectivity index (χ4n) is 2.15. The predicted molar refractivity (Wildman–Crippen MR) is 74.6 cm³/mol. The number of aromatic nitrogens is 3. The van der Waals surface area contributed by atoms with E-state index in [0.29, 0.717) is 6.54 Å². The molecule has 0 saturated carbocycles. The molecular weight excluding hydrogens is 224 g/mol. The Morgan fingerprint density at radius 2 is 2.06 bits per heavy atom. The van der Waals surface area contributed by atoms with Crippen LogP contribution in [0.4, 0.5) is 0 Å². The number of hydrogen-bond acceptors (Lipinski definition) is 3. The molecule has 18 heavy (non-hydrogen) atoms. The second-order valence-corrected chi connectivity index (χ2v) is 5.83. The number of nitrogens with zero attached hydrogens (tertiary/aromatic N) is 3. The molecule has 0 fully saturated rings. The third-order valence-electron chi connectivity index (χ3n) is 2.98. The van der Waals surface area contributed by atoms with E-state index >= 15 is 0 Å². The number of pyridine rings is 1. The summed E-state index contributed by atoms with van der Waals surface area (Å²) in [5.41, 5.74) is 8.73. The largest absolute Gasteiger partial charge is 0.330 e. The molecular formula is C14H22N4. The standard InChI is InChI=1S/C14H22N4/c1-10-8-11-12(16-9-10)18(7-5-6-15)13(17-11)14(2,3)4/h8-9H,5-7,15H2,1-4H3. The van der Waals surface area contributed by atoms with E-state index in [4.69, 9.17) is 10.7 Å². The lowest BCUT2D eigenvalue weighted by Gasteiger charge is -2.19. The maximum Gasteiger partial charge on any atom is 0.160 e. The van der Waals surface area contributed by atoms with E-state index in [1.165, 1.54) is 0 Å². The molecule has 2 aromatic rings. The molecule has 0 aliphatic heterocycles. The average molecular weight is 246 g/mol. The first-order valence-electron chi connectivity index (χ1n) is 6.47. The van der Waals surface area contributed by atoms with Crippen molar-refractivity contribution in [3.63, 3.8) is 0 Å². The molecule has 0 radical (unpaired) electrons. The second-order valence-electron chi connectivity index (χ2n) is 5.83. The van der Waals surface area contributed by atoms with Crippen LogP contribution in [0.5, 0.6) is 0 Å². The monoisotopic (exact) mass is 246 g/mol. The number of imidazole rings is 1. The van der Waals surface area contributed by atoms with Crippen molar-refractivity contribution in [3.8, 4) is 0 Å². The van der Waals surface area contributed by atoms with Crippen LogP contribution in [0, 0.1) is 6.92 Å². The molecule has 0 atom stereocenters. The zero-order chi connectivity index (χ0) is 13.3. The Bertz CT molecular complexity index is 549. The van der Waals surface area contributed by atoms with E-state index in [9.17, 15) is 0 Å². The Kier molecular flexibility index (Phi) is 3.39. The molecule has 0 aliphatic carbocycles. The van der Waals surface area contributed by atoms with Crippen molar-refractivity contribution >= 4 is 11.2 Å². The molecule has 2 rings (SSSR count). The molecule has 2 N–H and O–H groups in total. The van der Waals surface area contributed by atoms with Crippen LogP contribution in [0.25, 0.3) is 11.2 Å². The maximum atomic E-state index is 5.62. The summed E-state index contributed by atoms with van der Waals surface area (Å²) < 4.78 is 2.21. The Morgan fingerprint density at radius 3 is 2.67 bits per heavy atom. The van der Waals surface area contributed by atoms with E-state index in [0.717, 1.165) is 35.5 Å². The number of fused-ring (bicyclic) bond motifs is 1. The lowest BCUT2D eigenvalue weighted by molar-refractivity contribution is 0.496. The first kappa shape index (κ1) is 13.0. The molecule has 2 aromatic heterocycles. The fourth-order valence-corrected chi connectivity index (χ4v) is 2.15. The highest BCUT2D eigenvalue weighted by Gasteiger charge is 2.23. The van der Waals surface area contributed by atoms with Gasteiger partial charge in [-0.05, 0) is 31.5 Å². The van der Waals surface area contributed by atoms with Crippen molar-refractivity contribution in [1.29, 1.82) is 0 Å². The minimum absolute atomic E-state index is 0.0171. The first-order chi connectivity index (χ1) is 8.43. The first-order valence-corrected chi connectivity index (χ1v) is 6.47. The minimum Gasteiger partial charge on any atom is -0.330 e. The van der Waals surface area contributed by atoms with Gasteiger partial charge in [0, 0.05) is 18.2 Å². The fraction of sp³-hybridized carbons (Fsp3) is 0.571. The van der Waals surface area contributed by atoms with Crippen molar-refractivity contribution in [1.82, 2.24) is 14.5 Å². The molecule has 0 amide bonds. The van der Waals surface area contributed by atoms with Crippen molar-refractivity contribution in [2.75, 3.05) is 6.54 Å². The molecule has 0 spiro atoms. The molecule has 0 saturated heterocycles. The molecule has 4 nitrogen and oxygen atoms in total. The van der Waals surface area contributed by atoms with Crippen LogP contribution >= 0.6 is 0 Å². The van der Waals surface area contributed by atoms with Gasteiger partial charge in [0.25, 0.3) is 0 Å². The Labute approximate surface area is 108 Å². The van der Waals surface area contributed by atoms with Crippen molar-refractivity contribution in [2.45, 2.75) is 46.1 Å². The number of aryl methyl sites for hydroxylation is 2. The summed E-state index contributed by atoms with van der Waals surface area (Å²) in [7, 11) is 0. The van der Waals surface area contributed by atoms with Gasteiger partial charge in [-0.25, -0.2) is 9.97 Å². The van der Waals surface area contributed by atoms with Crippen molar-refractivity contribution in [3.05, 3.63) is 23.7 Å². The van der Waals surface area contributed by atoms with Gasteiger partial charge in [-0.3, -0.25) is 0 Å². The smallest absolute Gasteiger partial charge is 0.160 e. The highest BCUT2D eigenvalue weighted by atomic mass is 15.1. The third kappa shape index (κ3) is 2.38. The van der Waals surface area contributed by atoms with Crippen LogP contribution in [0.1, 0.15) is 38.6 Å². The Morgan fingerprint density at radius 1 is 1.33 bits per heavy atom. The van der Waals surface area contributed by atoms with Gasteiger partial charge < -0.3 is 10.3 Å². The van der Waals surface area contributed by atoms with Gasteiger partial charge >= 0.3 is 0 Å². The van der Waals surface area contributed by atoms with Gasteiger partial charge in [-0.15, -0.1) is 0 Å². The lowest BCUT2D eigenvalue weighted by Crippen LogP contribution is -2.20. The van der Waals surface area contributed by atoms with Gasteiger partial charge in [0.05, 0.1) is 0 Å². The van der Waals surface area contributed by atoms with E-state index in [-0.39, 0.29) is 5.41 Å². The van der Waals surface area contributed by atoms with E-state index < -0.39 is 0 Å². The quantitative estimate of drug-likeness (QED) is 0.904. The molecule has 4 heteroatoms. The zero-order valence-corrected chi connectivity index (χ0v) is 11.7. The van der Waals surface area contributed by atoms with E-state index in [2.05, 4.69) is 36.4 Å². The van der Waals surface area contributed by atoms with Crippen molar-refractivity contribution in [2.24, 2.45) is 5.73 Å². The van der Waals surface area contributed by atoms with E-state index in [1.807, 2.05) is 13.1 Å². The van der Waals surface area contributed by atoms with Crippen LogP contribution in [-0.2, 0) is 12.0 Å². The van der Waals surface area contributed by atoms with Crippen LogP contribution < -0.4 is 5.73 Å². The molecule has 98 valence electrons. The number of nitrogens with two attached hydrogens (primary N) is 1. The summed E-state index contributed by atoms with van der Waals surface area (Å²) in [5.74, 6) is 1.09. The van der Waals surface area contributed by atoms with Crippen LogP contribution in [-0.4, -0.2) is 21.1 Å². The number of rotatable bonds is 3. The molecule has 0 bridgehead atoms.